The predicted octanol–water partition coefficient (Wildman–Crippen LogP) is -0.205. The molecule has 0 aliphatic rings. The van der Waals surface area contributed by atoms with Gasteiger partial charge in [-0.1, -0.05) is 20.8 Å². The molecule has 0 N–H and O–H groups in total. The van der Waals surface area contributed by atoms with Gasteiger partial charge in [0.1, 0.15) is 0 Å². The SMILES string of the molecule is CC[C-](CC)CC.[Li+]. The summed E-state index contributed by atoms with van der Waals surface area (Å²) in [6, 6.07) is 0. The molecule has 8 heavy (non-hydrogen) atoms. The molecule has 0 aromatic carbocycles. The van der Waals surface area contributed by atoms with Gasteiger partial charge in [0.15, 0.2) is 0 Å². The van der Waals surface area contributed by atoms with E-state index in [4.69, 9.17) is 0 Å². The van der Waals surface area contributed by atoms with Gasteiger partial charge in [0.25, 0.3) is 0 Å². The summed E-state index contributed by atoms with van der Waals surface area (Å²) >= 11 is 0. The molecule has 0 heterocycles. The molecular weight excluding hydrogens is 91.0 g/mol. The van der Waals surface area contributed by atoms with Gasteiger partial charge in [-0.3, -0.25) is 0 Å². The van der Waals surface area contributed by atoms with Crippen molar-refractivity contribution in [3.05, 3.63) is 5.92 Å². The van der Waals surface area contributed by atoms with E-state index in [1.54, 1.807) is 5.92 Å². The molecule has 44 valence electrons. The van der Waals surface area contributed by atoms with E-state index in [0.717, 1.165) is 0 Å². The Bertz CT molecular complexity index is 25.9. The maximum atomic E-state index is 2.22. The van der Waals surface area contributed by atoms with Crippen LogP contribution in [0.2, 0.25) is 0 Å². The molecule has 0 atom stereocenters. The van der Waals surface area contributed by atoms with Crippen molar-refractivity contribution in [2.24, 2.45) is 0 Å². The fraction of sp³-hybridized carbons (Fsp3) is 0.857. The minimum atomic E-state index is 0. The number of rotatable bonds is 3. The minimum absolute atomic E-state index is 0. The van der Waals surface area contributed by atoms with Crippen molar-refractivity contribution in [1.29, 1.82) is 0 Å². The monoisotopic (exact) mass is 106 g/mol. The summed E-state index contributed by atoms with van der Waals surface area (Å²) in [5.74, 6) is 1.68. The molecule has 0 saturated heterocycles. The van der Waals surface area contributed by atoms with Crippen LogP contribution in [-0.4, -0.2) is 0 Å². The smallest absolute Gasteiger partial charge is 0.314 e. The topological polar surface area (TPSA) is 0 Å². The molecule has 0 unspecified atom stereocenters. The van der Waals surface area contributed by atoms with E-state index < -0.39 is 0 Å². The van der Waals surface area contributed by atoms with Gasteiger partial charge in [0.2, 0.25) is 0 Å². The average molecular weight is 106 g/mol. The molecule has 0 rings (SSSR count). The Morgan fingerprint density at radius 3 is 1.12 bits per heavy atom. The van der Waals surface area contributed by atoms with E-state index in [2.05, 4.69) is 20.8 Å². The molecule has 0 aromatic heterocycles. The van der Waals surface area contributed by atoms with Gasteiger partial charge < -0.3 is 5.92 Å². The maximum Gasteiger partial charge on any atom is 1.00 e. The molecule has 0 amide bonds. The molecule has 0 aromatic rings. The second-order valence-electron chi connectivity index (χ2n) is 1.81. The first-order chi connectivity index (χ1) is 3.35. The summed E-state index contributed by atoms with van der Waals surface area (Å²) in [6.45, 7) is 6.67. The summed E-state index contributed by atoms with van der Waals surface area (Å²) in [5.41, 5.74) is 0. The quantitative estimate of drug-likeness (QED) is 0.345. The van der Waals surface area contributed by atoms with Crippen LogP contribution in [-0.2, 0) is 0 Å². The van der Waals surface area contributed by atoms with Crippen molar-refractivity contribution in [2.75, 3.05) is 0 Å². The van der Waals surface area contributed by atoms with Crippen LogP contribution in [0.5, 0.6) is 0 Å². The van der Waals surface area contributed by atoms with Crippen LogP contribution in [0.15, 0.2) is 0 Å². The standard InChI is InChI=1S/C7H15.Li/c1-4-7(5-2)6-3;/h4-6H2,1-3H3;/q-1;+1. The van der Waals surface area contributed by atoms with Gasteiger partial charge in [-0.2, -0.15) is 19.3 Å². The Morgan fingerprint density at radius 1 is 0.875 bits per heavy atom. The van der Waals surface area contributed by atoms with Crippen molar-refractivity contribution in [3.63, 3.8) is 0 Å². The van der Waals surface area contributed by atoms with Gasteiger partial charge in [-0.25, -0.2) is 0 Å². The Kier molecular flexibility index (Phi) is 10.8. The molecule has 0 aliphatic carbocycles. The zero-order valence-electron chi connectivity index (χ0n) is 6.62. The Hall–Kier alpha value is 0.597. The molecule has 1 heteroatoms. The van der Waals surface area contributed by atoms with Crippen molar-refractivity contribution in [2.45, 2.75) is 40.0 Å². The van der Waals surface area contributed by atoms with E-state index >= 15 is 0 Å². The zero-order valence-corrected chi connectivity index (χ0v) is 6.62. The third-order valence-corrected chi connectivity index (χ3v) is 1.50. The summed E-state index contributed by atoms with van der Waals surface area (Å²) in [7, 11) is 0. The molecule has 0 fully saturated rings. The summed E-state index contributed by atoms with van der Waals surface area (Å²) < 4.78 is 0. The van der Waals surface area contributed by atoms with Gasteiger partial charge in [0.05, 0.1) is 0 Å². The van der Waals surface area contributed by atoms with Crippen molar-refractivity contribution in [3.8, 4) is 0 Å². The van der Waals surface area contributed by atoms with E-state index in [9.17, 15) is 0 Å². The van der Waals surface area contributed by atoms with E-state index in [0.29, 0.717) is 0 Å². The maximum absolute atomic E-state index is 2.22. The molecule has 0 saturated carbocycles. The fourth-order valence-electron chi connectivity index (χ4n) is 0.750. The van der Waals surface area contributed by atoms with Gasteiger partial charge in [-0.15, -0.1) is 0 Å². The van der Waals surface area contributed by atoms with Gasteiger partial charge >= 0.3 is 18.9 Å². The predicted molar refractivity (Wildman–Crippen MR) is 34.1 cm³/mol. The second kappa shape index (κ2) is 7.60. The zero-order chi connectivity index (χ0) is 5.70. The Morgan fingerprint density at radius 2 is 1.12 bits per heavy atom. The van der Waals surface area contributed by atoms with Crippen LogP contribution in [0.25, 0.3) is 0 Å². The van der Waals surface area contributed by atoms with Gasteiger partial charge in [-0.05, 0) is 0 Å². The summed E-state index contributed by atoms with van der Waals surface area (Å²) in [4.78, 5) is 0. The summed E-state index contributed by atoms with van der Waals surface area (Å²) in [6.07, 6.45) is 3.81. The molecule has 0 aliphatic heterocycles. The first-order valence-electron chi connectivity index (χ1n) is 3.18. The molecular formula is C7H15Li. The van der Waals surface area contributed by atoms with Gasteiger partial charge in [0, 0.05) is 0 Å². The van der Waals surface area contributed by atoms with Crippen LogP contribution in [0.1, 0.15) is 40.0 Å². The van der Waals surface area contributed by atoms with Crippen LogP contribution in [0.3, 0.4) is 0 Å². The van der Waals surface area contributed by atoms with Crippen LogP contribution < -0.4 is 18.9 Å². The van der Waals surface area contributed by atoms with Crippen LogP contribution in [0.4, 0.5) is 0 Å². The summed E-state index contributed by atoms with van der Waals surface area (Å²) in [5, 5.41) is 0. The Labute approximate surface area is 65.2 Å². The van der Waals surface area contributed by atoms with Crippen LogP contribution in [0, 0.1) is 5.92 Å². The molecule has 0 bridgehead atoms. The fourth-order valence-corrected chi connectivity index (χ4v) is 0.750. The van der Waals surface area contributed by atoms with Crippen molar-refractivity contribution < 1.29 is 18.9 Å². The van der Waals surface area contributed by atoms with Crippen molar-refractivity contribution >= 4 is 0 Å². The normalized spacial score (nSPS) is 9.00. The first kappa shape index (κ1) is 11.4. The molecule has 0 spiro atoms. The minimum Gasteiger partial charge on any atom is -0.314 e. The first-order valence-corrected chi connectivity index (χ1v) is 3.18. The average Bonchev–Trinajstić information content (AvgIpc) is 1.72. The third-order valence-electron chi connectivity index (χ3n) is 1.50. The largest absolute Gasteiger partial charge is 1.00 e. The number of hydrogen-bond acceptors (Lipinski definition) is 0. The van der Waals surface area contributed by atoms with E-state index in [1.165, 1.54) is 19.3 Å². The molecule has 0 nitrogen and oxygen atoms in total. The number of hydrogen-bond donors (Lipinski definition) is 0. The Balaban J connectivity index is 0. The van der Waals surface area contributed by atoms with Crippen molar-refractivity contribution in [1.82, 2.24) is 0 Å². The van der Waals surface area contributed by atoms with E-state index in [1.807, 2.05) is 0 Å². The molecule has 0 radical (unpaired) electrons. The van der Waals surface area contributed by atoms with E-state index in [-0.39, 0.29) is 18.9 Å². The van der Waals surface area contributed by atoms with Crippen LogP contribution >= 0.6 is 0 Å². The third kappa shape index (κ3) is 4.75. The second-order valence-corrected chi connectivity index (χ2v) is 1.81.